The zero-order chi connectivity index (χ0) is 19.1. The van der Waals surface area contributed by atoms with Crippen molar-refractivity contribution in [1.82, 2.24) is 0 Å². The van der Waals surface area contributed by atoms with Crippen molar-refractivity contribution in [3.63, 3.8) is 0 Å². The van der Waals surface area contributed by atoms with Crippen molar-refractivity contribution in [2.75, 3.05) is 18.9 Å². The minimum atomic E-state index is -0.784. The first-order chi connectivity index (χ1) is 13.1. The van der Waals surface area contributed by atoms with E-state index in [4.69, 9.17) is 15.2 Å². The van der Waals surface area contributed by atoms with E-state index in [0.717, 1.165) is 11.1 Å². The molecule has 5 heteroatoms. The van der Waals surface area contributed by atoms with Gasteiger partial charge in [0.05, 0.1) is 5.69 Å². The number of anilines is 1. The Morgan fingerprint density at radius 1 is 0.667 bits per heavy atom. The Bertz CT molecular complexity index is 839. The number of aliphatic hydroxyl groups excluding tert-OH is 2. The second-order valence-electron chi connectivity index (χ2n) is 6.15. The molecule has 0 aromatic heterocycles. The number of para-hydroxylation sites is 1. The van der Waals surface area contributed by atoms with Gasteiger partial charge in [0.25, 0.3) is 0 Å². The molecule has 0 amide bonds. The van der Waals surface area contributed by atoms with Gasteiger partial charge in [0.1, 0.15) is 25.4 Å². The maximum atomic E-state index is 10.3. The smallest absolute Gasteiger partial charge is 0.184 e. The van der Waals surface area contributed by atoms with Crippen molar-refractivity contribution in [2.45, 2.75) is 12.2 Å². The highest BCUT2D eigenvalue weighted by Gasteiger charge is 2.15. The lowest BCUT2D eigenvalue weighted by Crippen LogP contribution is -2.13. The van der Waals surface area contributed by atoms with Crippen LogP contribution in [0.3, 0.4) is 0 Å². The predicted octanol–water partition coefficient (Wildman–Crippen LogP) is 3.49. The molecule has 3 rings (SSSR count). The molecule has 3 aromatic carbocycles. The van der Waals surface area contributed by atoms with Crippen molar-refractivity contribution in [3.05, 3.63) is 90.0 Å². The van der Waals surface area contributed by atoms with Crippen LogP contribution in [0.5, 0.6) is 11.5 Å². The second kappa shape index (κ2) is 9.07. The summed E-state index contributed by atoms with van der Waals surface area (Å²) >= 11 is 0. The summed E-state index contributed by atoms with van der Waals surface area (Å²) in [4.78, 5) is 0. The number of hydrogen-bond acceptors (Lipinski definition) is 5. The maximum absolute atomic E-state index is 10.3. The Morgan fingerprint density at radius 2 is 1.19 bits per heavy atom. The Labute approximate surface area is 158 Å². The summed E-state index contributed by atoms with van der Waals surface area (Å²) < 4.78 is 11.5. The highest BCUT2D eigenvalue weighted by Crippen LogP contribution is 2.34. The minimum Gasteiger partial charge on any atom is -0.487 e. The Balaban J connectivity index is 1.65. The quantitative estimate of drug-likeness (QED) is 0.532. The molecule has 2 atom stereocenters. The highest BCUT2D eigenvalue weighted by atomic mass is 16.5. The van der Waals surface area contributed by atoms with E-state index in [1.807, 2.05) is 60.7 Å². The third kappa shape index (κ3) is 5.00. The van der Waals surface area contributed by atoms with Gasteiger partial charge >= 0.3 is 0 Å². The molecule has 0 heterocycles. The van der Waals surface area contributed by atoms with Crippen molar-refractivity contribution < 1.29 is 19.7 Å². The molecule has 0 fully saturated rings. The summed E-state index contributed by atoms with van der Waals surface area (Å²) in [5.41, 5.74) is 7.94. The van der Waals surface area contributed by atoms with Crippen LogP contribution in [0.2, 0.25) is 0 Å². The number of nitrogens with two attached hydrogens (primary N) is 1. The fourth-order valence-corrected chi connectivity index (χ4v) is 2.67. The number of aliphatic hydroxyl groups is 2. The summed E-state index contributed by atoms with van der Waals surface area (Å²) in [6.45, 7) is 0.0981. The van der Waals surface area contributed by atoms with Crippen molar-refractivity contribution in [1.29, 1.82) is 0 Å². The lowest BCUT2D eigenvalue weighted by atomic mass is 10.1. The molecule has 0 spiro atoms. The fraction of sp³-hybridized carbons (Fsp3) is 0.182. The third-order valence-corrected chi connectivity index (χ3v) is 4.16. The Hall–Kier alpha value is -3.02. The molecule has 3 aromatic rings. The van der Waals surface area contributed by atoms with Gasteiger partial charge in [-0.25, -0.2) is 0 Å². The largest absolute Gasteiger partial charge is 0.487 e. The van der Waals surface area contributed by atoms with Crippen LogP contribution in [-0.2, 0) is 0 Å². The van der Waals surface area contributed by atoms with Gasteiger partial charge in [-0.3, -0.25) is 0 Å². The average molecular weight is 365 g/mol. The van der Waals surface area contributed by atoms with Crippen LogP contribution in [0.15, 0.2) is 78.9 Å². The Morgan fingerprint density at radius 3 is 1.74 bits per heavy atom. The normalized spacial score (nSPS) is 13.0. The van der Waals surface area contributed by atoms with E-state index < -0.39 is 12.2 Å². The number of ether oxygens (including phenoxy) is 2. The van der Waals surface area contributed by atoms with Crippen molar-refractivity contribution >= 4 is 5.69 Å². The molecule has 140 valence electrons. The van der Waals surface area contributed by atoms with Crippen LogP contribution < -0.4 is 15.2 Å². The lowest BCUT2D eigenvalue weighted by molar-refractivity contribution is 0.0938. The topological polar surface area (TPSA) is 84.9 Å². The number of rotatable bonds is 8. The fourth-order valence-electron chi connectivity index (χ4n) is 2.67. The van der Waals surface area contributed by atoms with E-state index >= 15 is 0 Å². The van der Waals surface area contributed by atoms with E-state index in [2.05, 4.69) is 0 Å². The summed E-state index contributed by atoms with van der Waals surface area (Å²) in [5, 5.41) is 20.6. The van der Waals surface area contributed by atoms with E-state index in [0.29, 0.717) is 17.2 Å². The van der Waals surface area contributed by atoms with E-state index in [-0.39, 0.29) is 13.2 Å². The first-order valence-electron chi connectivity index (χ1n) is 8.75. The van der Waals surface area contributed by atoms with Crippen LogP contribution >= 0.6 is 0 Å². The van der Waals surface area contributed by atoms with Gasteiger partial charge in [-0.1, -0.05) is 66.7 Å². The lowest BCUT2D eigenvalue weighted by Gasteiger charge is -2.18. The van der Waals surface area contributed by atoms with E-state index in [9.17, 15) is 10.2 Å². The van der Waals surface area contributed by atoms with Crippen molar-refractivity contribution in [2.24, 2.45) is 0 Å². The van der Waals surface area contributed by atoms with Gasteiger partial charge in [-0.2, -0.15) is 0 Å². The summed E-state index contributed by atoms with van der Waals surface area (Å²) in [6, 6.07) is 23.7. The monoisotopic (exact) mass is 365 g/mol. The summed E-state index contributed by atoms with van der Waals surface area (Å²) in [6.07, 6.45) is -1.55. The molecular formula is C22H23NO4. The van der Waals surface area contributed by atoms with Crippen LogP contribution in [0.4, 0.5) is 5.69 Å². The number of hydrogen-bond donors (Lipinski definition) is 3. The number of nitrogen functional groups attached to an aromatic ring is 1. The molecule has 0 bridgehead atoms. The Kier molecular flexibility index (Phi) is 6.30. The first kappa shape index (κ1) is 18.8. The van der Waals surface area contributed by atoms with Gasteiger partial charge in [0.2, 0.25) is 0 Å². The zero-order valence-electron chi connectivity index (χ0n) is 14.9. The van der Waals surface area contributed by atoms with Gasteiger partial charge in [0, 0.05) is 0 Å². The van der Waals surface area contributed by atoms with Gasteiger partial charge < -0.3 is 25.4 Å². The minimum absolute atomic E-state index is 0.0375. The molecule has 0 aliphatic carbocycles. The average Bonchev–Trinajstić information content (AvgIpc) is 2.72. The van der Waals surface area contributed by atoms with Gasteiger partial charge in [0.15, 0.2) is 11.5 Å². The van der Waals surface area contributed by atoms with Crippen LogP contribution in [0, 0.1) is 0 Å². The van der Waals surface area contributed by atoms with Gasteiger partial charge in [-0.15, -0.1) is 0 Å². The van der Waals surface area contributed by atoms with Gasteiger partial charge in [-0.05, 0) is 23.3 Å². The van der Waals surface area contributed by atoms with Crippen molar-refractivity contribution in [3.8, 4) is 11.5 Å². The molecule has 2 unspecified atom stereocenters. The second-order valence-corrected chi connectivity index (χ2v) is 6.15. The summed E-state index contributed by atoms with van der Waals surface area (Å²) in [7, 11) is 0. The molecule has 4 N–H and O–H groups in total. The summed E-state index contributed by atoms with van der Waals surface area (Å²) in [5.74, 6) is 0.776. The molecule has 5 nitrogen and oxygen atoms in total. The molecule has 0 saturated heterocycles. The standard InChI is InChI=1S/C22H23NO4/c23-18-12-7-13-21(26-14-19(24)16-8-3-1-4-9-16)22(18)27-15-20(25)17-10-5-2-6-11-17/h1-13,19-20,24-25H,14-15,23H2. The molecule has 0 radical (unpaired) electrons. The maximum Gasteiger partial charge on any atom is 0.184 e. The first-order valence-corrected chi connectivity index (χ1v) is 8.75. The van der Waals surface area contributed by atoms with Crippen LogP contribution in [0.25, 0.3) is 0 Å². The zero-order valence-corrected chi connectivity index (χ0v) is 14.9. The van der Waals surface area contributed by atoms with E-state index in [1.165, 1.54) is 0 Å². The van der Waals surface area contributed by atoms with Crippen LogP contribution in [-0.4, -0.2) is 23.4 Å². The molecular weight excluding hydrogens is 342 g/mol. The van der Waals surface area contributed by atoms with Crippen LogP contribution in [0.1, 0.15) is 23.3 Å². The molecule has 0 aliphatic heterocycles. The van der Waals surface area contributed by atoms with E-state index in [1.54, 1.807) is 18.2 Å². The molecule has 27 heavy (non-hydrogen) atoms. The highest BCUT2D eigenvalue weighted by molar-refractivity contribution is 5.60. The molecule has 0 aliphatic rings. The number of benzene rings is 3. The molecule has 0 saturated carbocycles. The predicted molar refractivity (Wildman–Crippen MR) is 105 cm³/mol. The third-order valence-electron chi connectivity index (χ3n) is 4.16. The SMILES string of the molecule is Nc1cccc(OCC(O)c2ccccc2)c1OCC(O)c1ccccc1.